The Labute approximate surface area is 254 Å². The first kappa shape index (κ1) is 28.0. The molecule has 7 rings (SSSR count). The number of hydrogen-bond acceptors (Lipinski definition) is 8. The number of aromatic nitrogens is 4. The van der Waals surface area contributed by atoms with Gasteiger partial charge in [0.15, 0.2) is 0 Å². The Morgan fingerprint density at radius 1 is 0.864 bits per heavy atom. The number of para-hydroxylation sites is 2. The molecule has 1 atom stereocenters. The fourth-order valence-electron chi connectivity index (χ4n) is 6.51. The van der Waals surface area contributed by atoms with E-state index in [-0.39, 0.29) is 18.7 Å². The number of hydrogen-bond donors (Lipinski definition) is 1. The van der Waals surface area contributed by atoms with Gasteiger partial charge in [-0.1, -0.05) is 18.2 Å². The Morgan fingerprint density at radius 2 is 1.66 bits per heavy atom. The normalized spacial score (nSPS) is 19.5. The van der Waals surface area contributed by atoms with Crippen molar-refractivity contribution < 1.29 is 19.2 Å². The summed E-state index contributed by atoms with van der Waals surface area (Å²) in [6.07, 6.45) is 10.9. The fourth-order valence-corrected chi connectivity index (χ4v) is 6.51. The third-order valence-corrected chi connectivity index (χ3v) is 8.97. The first-order chi connectivity index (χ1) is 21.4. The van der Waals surface area contributed by atoms with E-state index in [4.69, 9.17) is 4.98 Å². The molecule has 44 heavy (non-hydrogen) atoms. The number of amides is 4. The lowest BCUT2D eigenvalue weighted by molar-refractivity contribution is -0.136. The Hall–Kier alpha value is -4.77. The van der Waals surface area contributed by atoms with E-state index in [1.165, 1.54) is 0 Å². The summed E-state index contributed by atoms with van der Waals surface area (Å²) in [5.41, 5.74) is 5.23. The van der Waals surface area contributed by atoms with Gasteiger partial charge in [0.05, 0.1) is 46.3 Å². The molecule has 0 radical (unpaired) electrons. The molecular weight excluding hydrogens is 558 g/mol. The van der Waals surface area contributed by atoms with Gasteiger partial charge in [0.1, 0.15) is 6.04 Å². The van der Waals surface area contributed by atoms with Crippen LogP contribution in [0.2, 0.25) is 0 Å². The highest BCUT2D eigenvalue weighted by molar-refractivity contribution is 6.23. The molecule has 0 aliphatic carbocycles. The molecule has 4 amide bonds. The van der Waals surface area contributed by atoms with Crippen molar-refractivity contribution in [3.8, 4) is 11.3 Å². The summed E-state index contributed by atoms with van der Waals surface area (Å²) >= 11 is 0. The zero-order valence-electron chi connectivity index (χ0n) is 24.3. The van der Waals surface area contributed by atoms with E-state index in [2.05, 4.69) is 31.2 Å². The molecular formula is C33H33N7O4. The van der Waals surface area contributed by atoms with E-state index < -0.39 is 23.8 Å². The lowest BCUT2D eigenvalue weighted by atomic mass is 10.0. The number of carbonyl (C=O) groups is 4. The van der Waals surface area contributed by atoms with Crippen molar-refractivity contribution in [3.63, 3.8) is 0 Å². The summed E-state index contributed by atoms with van der Waals surface area (Å²) in [5, 5.41) is 6.88. The SMILES string of the molecule is O=C1CCC(N2C(=O)c3ccc(CCCCN4CCC(n5cc(-c6cnc7ccccc7n6)cn5)CC4)cc3C2=O)C(=O)N1. The molecule has 2 fully saturated rings. The minimum atomic E-state index is -0.943. The van der Waals surface area contributed by atoms with Gasteiger partial charge in [0, 0.05) is 31.3 Å². The standard InChI is InChI=1S/C33H33N7O4/c41-30-11-10-29(31(42)37-30)40-32(43)24-9-8-21(17-25(24)33(40)44)5-3-4-14-38-15-12-23(13-16-38)39-20-22(18-35-39)28-19-34-26-6-1-2-7-27(26)36-28/h1-2,6-9,17-20,23,29H,3-5,10-16H2,(H,37,41,42). The number of aryl methyl sites for hydroxylation is 1. The zero-order valence-corrected chi connectivity index (χ0v) is 24.3. The Bertz CT molecular complexity index is 1770. The van der Waals surface area contributed by atoms with Crippen molar-refractivity contribution >= 4 is 34.7 Å². The Balaban J connectivity index is 0.882. The van der Waals surface area contributed by atoms with Crippen molar-refractivity contribution in [1.82, 2.24) is 34.9 Å². The summed E-state index contributed by atoms with van der Waals surface area (Å²) in [6, 6.07) is 12.7. The second kappa shape index (κ2) is 11.7. The van der Waals surface area contributed by atoms with Gasteiger partial charge >= 0.3 is 0 Å². The average Bonchev–Trinajstić information content (AvgIpc) is 3.63. The first-order valence-corrected chi connectivity index (χ1v) is 15.3. The fraction of sp³-hybridized carbons (Fsp3) is 0.364. The largest absolute Gasteiger partial charge is 0.303 e. The molecule has 4 aromatic rings. The smallest absolute Gasteiger partial charge is 0.262 e. The van der Waals surface area contributed by atoms with Crippen molar-refractivity contribution in [2.24, 2.45) is 0 Å². The number of imide groups is 2. The third kappa shape index (κ3) is 5.39. The van der Waals surface area contributed by atoms with Crippen LogP contribution in [0.4, 0.5) is 0 Å². The topological polar surface area (TPSA) is 130 Å². The van der Waals surface area contributed by atoms with Gasteiger partial charge in [0.25, 0.3) is 11.8 Å². The number of rotatable bonds is 8. The van der Waals surface area contributed by atoms with Gasteiger partial charge in [0.2, 0.25) is 11.8 Å². The van der Waals surface area contributed by atoms with E-state index in [1.807, 2.05) is 42.7 Å². The molecule has 3 aliphatic heterocycles. The maximum Gasteiger partial charge on any atom is 0.262 e. The summed E-state index contributed by atoms with van der Waals surface area (Å²) in [7, 11) is 0. The van der Waals surface area contributed by atoms with Crippen LogP contribution in [0, 0.1) is 0 Å². The quantitative estimate of drug-likeness (QED) is 0.243. The molecule has 1 N–H and O–H groups in total. The van der Waals surface area contributed by atoms with Crippen LogP contribution in [0.1, 0.15) is 70.8 Å². The van der Waals surface area contributed by atoms with Crippen molar-refractivity contribution in [1.29, 1.82) is 0 Å². The molecule has 2 saturated heterocycles. The number of carbonyl (C=O) groups excluding carboxylic acids is 4. The highest BCUT2D eigenvalue weighted by Crippen LogP contribution is 2.29. The van der Waals surface area contributed by atoms with Crippen LogP contribution in [-0.4, -0.2) is 78.9 Å². The predicted octanol–water partition coefficient (Wildman–Crippen LogP) is 3.55. The lowest BCUT2D eigenvalue weighted by Gasteiger charge is -2.32. The highest BCUT2D eigenvalue weighted by atomic mass is 16.2. The highest BCUT2D eigenvalue weighted by Gasteiger charge is 2.44. The molecule has 1 unspecified atom stereocenters. The number of benzene rings is 2. The van der Waals surface area contributed by atoms with Crippen LogP contribution in [0.15, 0.2) is 61.1 Å². The Morgan fingerprint density at radius 3 is 2.48 bits per heavy atom. The predicted molar refractivity (Wildman–Crippen MR) is 162 cm³/mol. The number of fused-ring (bicyclic) bond motifs is 2. The molecule has 224 valence electrons. The first-order valence-electron chi connectivity index (χ1n) is 15.3. The second-order valence-electron chi connectivity index (χ2n) is 11.8. The van der Waals surface area contributed by atoms with Crippen LogP contribution in [0.5, 0.6) is 0 Å². The van der Waals surface area contributed by atoms with Gasteiger partial charge < -0.3 is 4.90 Å². The Kier molecular flexibility index (Phi) is 7.47. The number of unbranched alkanes of at least 4 members (excludes halogenated alkanes) is 1. The molecule has 11 heteroatoms. The molecule has 2 aromatic carbocycles. The lowest BCUT2D eigenvalue weighted by Crippen LogP contribution is -2.54. The van der Waals surface area contributed by atoms with E-state index in [0.717, 1.165) is 84.5 Å². The zero-order chi connectivity index (χ0) is 30.2. The van der Waals surface area contributed by atoms with Crippen molar-refractivity contribution in [2.75, 3.05) is 19.6 Å². The maximum atomic E-state index is 13.1. The van der Waals surface area contributed by atoms with E-state index >= 15 is 0 Å². The number of piperidine rings is 2. The average molecular weight is 592 g/mol. The monoisotopic (exact) mass is 591 g/mol. The summed E-state index contributed by atoms with van der Waals surface area (Å²) in [5.74, 6) is -1.90. The summed E-state index contributed by atoms with van der Waals surface area (Å²) in [6.45, 7) is 3.04. The minimum Gasteiger partial charge on any atom is -0.303 e. The van der Waals surface area contributed by atoms with Gasteiger partial charge in [-0.25, -0.2) is 4.98 Å². The molecule has 5 heterocycles. The van der Waals surface area contributed by atoms with Crippen molar-refractivity contribution in [2.45, 2.75) is 57.0 Å². The van der Waals surface area contributed by atoms with Crippen molar-refractivity contribution in [3.05, 3.63) is 77.7 Å². The van der Waals surface area contributed by atoms with Gasteiger partial charge in [-0.2, -0.15) is 5.10 Å². The van der Waals surface area contributed by atoms with Gasteiger partial charge in [-0.15, -0.1) is 0 Å². The molecule has 0 saturated carbocycles. The maximum absolute atomic E-state index is 13.1. The van der Waals surface area contributed by atoms with Crippen LogP contribution in [0.25, 0.3) is 22.3 Å². The summed E-state index contributed by atoms with van der Waals surface area (Å²) < 4.78 is 2.07. The number of nitrogens with zero attached hydrogens (tertiary/aromatic N) is 6. The van der Waals surface area contributed by atoms with E-state index in [9.17, 15) is 19.2 Å². The second-order valence-corrected chi connectivity index (χ2v) is 11.8. The van der Waals surface area contributed by atoms with E-state index in [0.29, 0.717) is 17.2 Å². The van der Waals surface area contributed by atoms with E-state index in [1.54, 1.807) is 12.1 Å². The summed E-state index contributed by atoms with van der Waals surface area (Å²) in [4.78, 5) is 62.6. The molecule has 0 bridgehead atoms. The van der Waals surface area contributed by atoms with Gasteiger partial charge in [-0.3, -0.25) is 39.1 Å². The van der Waals surface area contributed by atoms with Crippen LogP contribution < -0.4 is 5.32 Å². The molecule has 11 nitrogen and oxygen atoms in total. The van der Waals surface area contributed by atoms with Crippen LogP contribution in [0.3, 0.4) is 0 Å². The molecule has 3 aliphatic rings. The molecule has 0 spiro atoms. The van der Waals surface area contributed by atoms with Gasteiger partial charge in [-0.05, 0) is 74.9 Å². The minimum absolute atomic E-state index is 0.110. The number of nitrogens with one attached hydrogen (secondary N) is 1. The van der Waals surface area contributed by atoms with Crippen LogP contribution in [-0.2, 0) is 16.0 Å². The molecule has 2 aromatic heterocycles. The third-order valence-electron chi connectivity index (χ3n) is 8.97. The number of likely N-dealkylation sites (tertiary alicyclic amines) is 1. The van der Waals surface area contributed by atoms with Crippen LogP contribution >= 0.6 is 0 Å².